The van der Waals surface area contributed by atoms with Crippen LogP contribution in [0.3, 0.4) is 0 Å². The van der Waals surface area contributed by atoms with Crippen molar-refractivity contribution in [3.8, 4) is 5.88 Å². The van der Waals surface area contributed by atoms with E-state index in [4.69, 9.17) is 9.47 Å². The van der Waals surface area contributed by atoms with E-state index >= 15 is 0 Å². The van der Waals surface area contributed by atoms with Crippen molar-refractivity contribution in [2.75, 3.05) is 33.4 Å². The van der Waals surface area contributed by atoms with Crippen LogP contribution in [-0.4, -0.2) is 48.2 Å². The van der Waals surface area contributed by atoms with Gasteiger partial charge in [-0.05, 0) is 6.92 Å². The van der Waals surface area contributed by atoms with Gasteiger partial charge < -0.3 is 9.47 Å². The molecule has 0 atom stereocenters. The van der Waals surface area contributed by atoms with E-state index in [1.807, 2.05) is 14.0 Å². The molecule has 0 aromatic carbocycles. The summed E-state index contributed by atoms with van der Waals surface area (Å²) < 4.78 is 12.4. The highest BCUT2D eigenvalue weighted by Gasteiger charge is 2.15. The number of aryl methyl sites for hydroxylation is 2. The fourth-order valence-corrected chi connectivity index (χ4v) is 2.05. The molecule has 1 aliphatic heterocycles. The molecular weight excluding hydrogens is 220 g/mol. The third-order valence-corrected chi connectivity index (χ3v) is 2.97. The van der Waals surface area contributed by atoms with Crippen LogP contribution in [0.2, 0.25) is 0 Å². The molecular formula is C11H20N4O2. The summed E-state index contributed by atoms with van der Waals surface area (Å²) >= 11 is 0. The first kappa shape index (κ1) is 12.3. The number of hydrazine groups is 1. The van der Waals surface area contributed by atoms with E-state index in [1.165, 1.54) is 0 Å². The maximum absolute atomic E-state index is 5.35. The highest BCUT2D eigenvalue weighted by atomic mass is 16.5. The maximum atomic E-state index is 5.35. The quantitative estimate of drug-likeness (QED) is 0.807. The first-order valence-corrected chi connectivity index (χ1v) is 5.85. The van der Waals surface area contributed by atoms with Crippen molar-refractivity contribution in [1.29, 1.82) is 0 Å². The minimum atomic E-state index is 0.739. The fourth-order valence-electron chi connectivity index (χ4n) is 2.05. The number of morpholine rings is 1. The molecule has 1 saturated heterocycles. The van der Waals surface area contributed by atoms with Crippen molar-refractivity contribution in [2.24, 2.45) is 7.05 Å². The number of ether oxygens (including phenoxy) is 2. The van der Waals surface area contributed by atoms with Gasteiger partial charge in [-0.1, -0.05) is 0 Å². The second kappa shape index (κ2) is 5.48. The lowest BCUT2D eigenvalue weighted by atomic mass is 10.2. The van der Waals surface area contributed by atoms with Gasteiger partial charge in [-0.15, -0.1) is 0 Å². The van der Waals surface area contributed by atoms with Crippen molar-refractivity contribution < 1.29 is 9.47 Å². The Morgan fingerprint density at radius 3 is 2.76 bits per heavy atom. The number of hydrogen-bond donors (Lipinski definition) is 1. The number of hydrogen-bond acceptors (Lipinski definition) is 5. The van der Waals surface area contributed by atoms with Gasteiger partial charge in [-0.25, -0.2) is 9.69 Å². The summed E-state index contributed by atoms with van der Waals surface area (Å²) in [5.74, 6) is 0.822. The van der Waals surface area contributed by atoms with Gasteiger partial charge in [-0.3, -0.25) is 5.43 Å². The summed E-state index contributed by atoms with van der Waals surface area (Å²) in [6, 6.07) is 0. The number of nitrogens with one attached hydrogen (secondary N) is 1. The van der Waals surface area contributed by atoms with Gasteiger partial charge >= 0.3 is 0 Å². The molecule has 17 heavy (non-hydrogen) atoms. The Bertz CT molecular complexity index is 372. The highest BCUT2D eigenvalue weighted by molar-refractivity contribution is 5.30. The highest BCUT2D eigenvalue weighted by Crippen LogP contribution is 2.20. The van der Waals surface area contributed by atoms with Gasteiger partial charge in [0.2, 0.25) is 5.88 Å². The van der Waals surface area contributed by atoms with Gasteiger partial charge in [0.05, 0.1) is 31.6 Å². The zero-order valence-corrected chi connectivity index (χ0v) is 10.7. The molecule has 0 radical (unpaired) electrons. The number of nitrogens with zero attached hydrogens (tertiary/aromatic N) is 3. The molecule has 0 bridgehead atoms. The van der Waals surface area contributed by atoms with Crippen LogP contribution in [-0.2, 0) is 18.3 Å². The Labute approximate surface area is 101 Å². The standard InChI is InChI=1S/C11H20N4O2/c1-9-10(11(16-3)14(2)13-9)8-12-15-4-6-17-7-5-15/h12H,4-8H2,1-3H3. The molecule has 1 aromatic heterocycles. The zero-order valence-electron chi connectivity index (χ0n) is 10.7. The van der Waals surface area contributed by atoms with Crippen LogP contribution in [0.15, 0.2) is 0 Å². The monoisotopic (exact) mass is 240 g/mol. The summed E-state index contributed by atoms with van der Waals surface area (Å²) in [4.78, 5) is 0. The SMILES string of the molecule is COc1c(CNN2CCOCC2)c(C)nn1C. The molecule has 0 aliphatic carbocycles. The molecule has 0 saturated carbocycles. The molecule has 0 amide bonds. The van der Waals surface area contributed by atoms with E-state index in [0.717, 1.165) is 50.0 Å². The summed E-state index contributed by atoms with van der Waals surface area (Å²) in [5, 5.41) is 6.53. The molecule has 2 rings (SSSR count). The summed E-state index contributed by atoms with van der Waals surface area (Å²) in [6.07, 6.45) is 0. The largest absolute Gasteiger partial charge is 0.481 e. The topological polar surface area (TPSA) is 51.6 Å². The number of aromatic nitrogens is 2. The van der Waals surface area contributed by atoms with Crippen LogP contribution >= 0.6 is 0 Å². The Morgan fingerprint density at radius 2 is 2.12 bits per heavy atom. The average molecular weight is 240 g/mol. The van der Waals surface area contributed by atoms with Crippen LogP contribution in [0, 0.1) is 6.92 Å². The van der Waals surface area contributed by atoms with E-state index in [-0.39, 0.29) is 0 Å². The van der Waals surface area contributed by atoms with Crippen LogP contribution in [0.1, 0.15) is 11.3 Å². The van der Waals surface area contributed by atoms with Crippen molar-refractivity contribution >= 4 is 0 Å². The molecule has 0 spiro atoms. The zero-order chi connectivity index (χ0) is 12.3. The summed E-state index contributed by atoms with van der Waals surface area (Å²) in [6.45, 7) is 6.15. The van der Waals surface area contributed by atoms with Gasteiger partial charge in [0.1, 0.15) is 0 Å². The normalized spacial score (nSPS) is 17.4. The molecule has 1 aromatic rings. The Hall–Kier alpha value is -1.11. The van der Waals surface area contributed by atoms with E-state index in [2.05, 4.69) is 15.5 Å². The van der Waals surface area contributed by atoms with Crippen LogP contribution in [0.25, 0.3) is 0 Å². The Balaban J connectivity index is 1.97. The van der Waals surface area contributed by atoms with Crippen molar-refractivity contribution in [1.82, 2.24) is 20.2 Å². The van der Waals surface area contributed by atoms with Crippen molar-refractivity contribution in [3.05, 3.63) is 11.3 Å². The number of rotatable bonds is 4. The smallest absolute Gasteiger partial charge is 0.216 e. The molecule has 1 fully saturated rings. The molecule has 0 unspecified atom stereocenters. The molecule has 6 nitrogen and oxygen atoms in total. The second-order valence-corrected chi connectivity index (χ2v) is 4.13. The van der Waals surface area contributed by atoms with E-state index in [0.29, 0.717) is 0 Å². The first-order valence-electron chi connectivity index (χ1n) is 5.85. The van der Waals surface area contributed by atoms with Gasteiger partial charge in [0, 0.05) is 26.7 Å². The Morgan fingerprint density at radius 1 is 1.41 bits per heavy atom. The summed E-state index contributed by atoms with van der Waals surface area (Å²) in [5.41, 5.74) is 5.50. The van der Waals surface area contributed by atoms with Gasteiger partial charge in [0.25, 0.3) is 0 Å². The average Bonchev–Trinajstić information content (AvgIpc) is 2.62. The van der Waals surface area contributed by atoms with Crippen LogP contribution < -0.4 is 10.2 Å². The number of methoxy groups -OCH3 is 1. The lowest BCUT2D eigenvalue weighted by Gasteiger charge is -2.27. The van der Waals surface area contributed by atoms with Crippen LogP contribution in [0.4, 0.5) is 0 Å². The van der Waals surface area contributed by atoms with Crippen LogP contribution in [0.5, 0.6) is 5.88 Å². The molecule has 96 valence electrons. The molecule has 6 heteroatoms. The fraction of sp³-hybridized carbons (Fsp3) is 0.727. The minimum absolute atomic E-state index is 0.739. The predicted octanol–water partition coefficient (Wildman–Crippen LogP) is 0.0739. The molecule has 2 heterocycles. The third-order valence-electron chi connectivity index (χ3n) is 2.97. The minimum Gasteiger partial charge on any atom is -0.481 e. The van der Waals surface area contributed by atoms with Crippen molar-refractivity contribution in [3.63, 3.8) is 0 Å². The van der Waals surface area contributed by atoms with Gasteiger partial charge in [-0.2, -0.15) is 5.10 Å². The molecule has 1 N–H and O–H groups in total. The molecule has 1 aliphatic rings. The lowest BCUT2D eigenvalue weighted by molar-refractivity contribution is 0.0104. The first-order chi connectivity index (χ1) is 8.22. The van der Waals surface area contributed by atoms with E-state index < -0.39 is 0 Å². The lowest BCUT2D eigenvalue weighted by Crippen LogP contribution is -2.45. The van der Waals surface area contributed by atoms with E-state index in [1.54, 1.807) is 11.8 Å². The second-order valence-electron chi connectivity index (χ2n) is 4.13. The van der Waals surface area contributed by atoms with E-state index in [9.17, 15) is 0 Å². The van der Waals surface area contributed by atoms with Gasteiger partial charge in [0.15, 0.2) is 0 Å². The maximum Gasteiger partial charge on any atom is 0.216 e. The predicted molar refractivity (Wildman–Crippen MR) is 63.7 cm³/mol. The summed E-state index contributed by atoms with van der Waals surface area (Å²) in [7, 11) is 3.57. The Kier molecular flexibility index (Phi) is 3.98. The third kappa shape index (κ3) is 2.77. The van der Waals surface area contributed by atoms with Crippen molar-refractivity contribution in [2.45, 2.75) is 13.5 Å².